The van der Waals surface area contributed by atoms with Gasteiger partial charge in [-0.25, -0.2) is 0 Å². The molecule has 0 saturated carbocycles. The monoisotopic (exact) mass is 266 g/mol. The summed E-state index contributed by atoms with van der Waals surface area (Å²) in [5, 5.41) is 8.94. The first-order chi connectivity index (χ1) is 7.09. The van der Waals surface area contributed by atoms with Gasteiger partial charge < -0.3 is 5.11 Å². The van der Waals surface area contributed by atoms with Gasteiger partial charge in [-0.15, -0.1) is 0 Å². The van der Waals surface area contributed by atoms with Crippen molar-refractivity contribution in [3.8, 4) is 0 Å². The Morgan fingerprint density at radius 3 is 2.87 bits per heavy atom. The molecule has 1 aliphatic carbocycles. The fourth-order valence-corrected chi connectivity index (χ4v) is 2.31. The number of aliphatic carboxylic acids is 1. The molecule has 3 heteroatoms. The predicted octanol–water partition coefficient (Wildman–Crippen LogP) is 3.11. The van der Waals surface area contributed by atoms with Crippen molar-refractivity contribution in [3.63, 3.8) is 0 Å². The first-order valence-electron chi connectivity index (χ1n) is 4.80. The lowest BCUT2D eigenvalue weighted by atomic mass is 10.00. The summed E-state index contributed by atoms with van der Waals surface area (Å²) in [5.74, 6) is -1.16. The number of halogens is 1. The van der Waals surface area contributed by atoms with Crippen LogP contribution in [0, 0.1) is 5.92 Å². The number of benzene rings is 1. The van der Waals surface area contributed by atoms with Gasteiger partial charge in [0, 0.05) is 4.47 Å². The van der Waals surface area contributed by atoms with Gasteiger partial charge in [0.25, 0.3) is 0 Å². The highest BCUT2D eigenvalue weighted by molar-refractivity contribution is 9.10. The maximum atomic E-state index is 10.9. The highest BCUT2D eigenvalue weighted by Gasteiger charge is 2.23. The van der Waals surface area contributed by atoms with Gasteiger partial charge in [-0.3, -0.25) is 4.79 Å². The van der Waals surface area contributed by atoms with Crippen LogP contribution in [0.25, 0.3) is 6.08 Å². The molecule has 0 aliphatic heterocycles. The van der Waals surface area contributed by atoms with Gasteiger partial charge in [-0.1, -0.05) is 39.7 Å². The molecule has 0 heterocycles. The van der Waals surface area contributed by atoms with Gasteiger partial charge in [-0.2, -0.15) is 0 Å². The molecule has 0 spiro atoms. The van der Waals surface area contributed by atoms with Crippen LogP contribution in [0.1, 0.15) is 18.1 Å². The molecule has 1 aromatic carbocycles. The highest BCUT2D eigenvalue weighted by Crippen LogP contribution is 2.33. The number of carboxylic acids is 1. The van der Waals surface area contributed by atoms with Crippen LogP contribution in [0.2, 0.25) is 0 Å². The number of carbonyl (C=O) groups is 1. The second-order valence-corrected chi connectivity index (χ2v) is 4.62. The van der Waals surface area contributed by atoms with E-state index in [-0.39, 0.29) is 0 Å². The SMILES string of the molecule is CC(C(=O)O)C1=Cc2cccc(Br)c2C1. The molecule has 1 aromatic rings. The first-order valence-corrected chi connectivity index (χ1v) is 5.59. The van der Waals surface area contributed by atoms with E-state index in [9.17, 15) is 4.79 Å². The van der Waals surface area contributed by atoms with E-state index in [4.69, 9.17) is 5.11 Å². The second-order valence-electron chi connectivity index (χ2n) is 3.76. The fourth-order valence-electron chi connectivity index (χ4n) is 1.79. The molecule has 1 aliphatic rings. The van der Waals surface area contributed by atoms with E-state index in [1.807, 2.05) is 24.3 Å². The van der Waals surface area contributed by atoms with Crippen molar-refractivity contribution in [3.05, 3.63) is 39.4 Å². The van der Waals surface area contributed by atoms with Crippen molar-refractivity contribution in [2.45, 2.75) is 13.3 Å². The molecule has 15 heavy (non-hydrogen) atoms. The zero-order valence-electron chi connectivity index (χ0n) is 8.33. The Balaban J connectivity index is 2.33. The standard InChI is InChI=1S/C12H11BrO2/c1-7(12(14)15)9-5-8-3-2-4-11(13)10(8)6-9/h2-5,7H,6H2,1H3,(H,14,15). The lowest BCUT2D eigenvalue weighted by Crippen LogP contribution is -2.12. The third-order valence-electron chi connectivity index (χ3n) is 2.80. The second kappa shape index (κ2) is 3.81. The van der Waals surface area contributed by atoms with Crippen LogP contribution >= 0.6 is 15.9 Å². The Morgan fingerprint density at radius 1 is 1.53 bits per heavy atom. The quantitative estimate of drug-likeness (QED) is 0.893. The summed E-state index contributed by atoms with van der Waals surface area (Å²) in [5.41, 5.74) is 3.30. The van der Waals surface area contributed by atoms with Crippen LogP contribution in [0.4, 0.5) is 0 Å². The first kappa shape index (κ1) is 10.4. The topological polar surface area (TPSA) is 37.3 Å². The smallest absolute Gasteiger partial charge is 0.310 e. The third-order valence-corrected chi connectivity index (χ3v) is 3.55. The Hall–Kier alpha value is -1.09. The summed E-state index contributed by atoms with van der Waals surface area (Å²) in [6.45, 7) is 1.73. The Kier molecular flexibility index (Phi) is 2.65. The van der Waals surface area contributed by atoms with E-state index >= 15 is 0 Å². The summed E-state index contributed by atoms with van der Waals surface area (Å²) < 4.78 is 1.06. The van der Waals surface area contributed by atoms with Crippen molar-refractivity contribution in [1.82, 2.24) is 0 Å². The summed E-state index contributed by atoms with van der Waals surface area (Å²) in [7, 11) is 0. The van der Waals surface area contributed by atoms with Crippen molar-refractivity contribution in [1.29, 1.82) is 0 Å². The molecule has 2 nitrogen and oxygen atoms in total. The van der Waals surface area contributed by atoms with Crippen molar-refractivity contribution in [2.24, 2.45) is 5.92 Å². The fraction of sp³-hybridized carbons (Fsp3) is 0.250. The van der Waals surface area contributed by atoms with Crippen molar-refractivity contribution < 1.29 is 9.90 Å². The molecule has 0 saturated heterocycles. The highest BCUT2D eigenvalue weighted by atomic mass is 79.9. The molecule has 1 atom stereocenters. The normalized spacial score (nSPS) is 15.7. The Morgan fingerprint density at radius 2 is 2.27 bits per heavy atom. The molecule has 0 aromatic heterocycles. The number of carboxylic acid groups (broad SMARTS) is 1. The van der Waals surface area contributed by atoms with Crippen LogP contribution in [0.3, 0.4) is 0 Å². The summed E-state index contributed by atoms with van der Waals surface area (Å²) in [6, 6.07) is 5.97. The maximum absolute atomic E-state index is 10.9. The minimum Gasteiger partial charge on any atom is -0.481 e. The van der Waals surface area contributed by atoms with Crippen molar-refractivity contribution >= 4 is 28.0 Å². The molecule has 0 amide bonds. The lowest BCUT2D eigenvalue weighted by Gasteiger charge is -2.07. The van der Waals surface area contributed by atoms with E-state index < -0.39 is 11.9 Å². The average Bonchev–Trinajstić information content (AvgIpc) is 2.61. The van der Waals surface area contributed by atoms with E-state index in [2.05, 4.69) is 15.9 Å². The van der Waals surface area contributed by atoms with Crippen molar-refractivity contribution in [2.75, 3.05) is 0 Å². The van der Waals surface area contributed by atoms with E-state index in [0.29, 0.717) is 0 Å². The summed E-state index contributed by atoms with van der Waals surface area (Å²) >= 11 is 3.48. The van der Waals surface area contributed by atoms with Crippen LogP contribution < -0.4 is 0 Å². The largest absolute Gasteiger partial charge is 0.481 e. The summed E-state index contributed by atoms with van der Waals surface area (Å²) in [4.78, 5) is 10.9. The van der Waals surface area contributed by atoms with Gasteiger partial charge in [0.15, 0.2) is 0 Å². The predicted molar refractivity (Wildman–Crippen MR) is 62.6 cm³/mol. The minimum absolute atomic E-state index is 0.399. The molecule has 0 bridgehead atoms. The van der Waals surface area contributed by atoms with E-state index in [0.717, 1.165) is 22.0 Å². The molecular formula is C12H11BrO2. The van der Waals surface area contributed by atoms with Gasteiger partial charge in [0.05, 0.1) is 5.92 Å². The minimum atomic E-state index is -0.759. The van der Waals surface area contributed by atoms with Crippen LogP contribution in [0.15, 0.2) is 28.2 Å². The molecule has 1 N–H and O–H groups in total. The lowest BCUT2D eigenvalue weighted by molar-refractivity contribution is -0.139. The van der Waals surface area contributed by atoms with Crippen LogP contribution in [0.5, 0.6) is 0 Å². The molecule has 1 unspecified atom stereocenters. The summed E-state index contributed by atoms with van der Waals surface area (Å²) in [6.07, 6.45) is 2.73. The van der Waals surface area contributed by atoms with E-state index in [1.165, 1.54) is 5.56 Å². The molecular weight excluding hydrogens is 256 g/mol. The zero-order valence-corrected chi connectivity index (χ0v) is 9.91. The van der Waals surface area contributed by atoms with Gasteiger partial charge >= 0.3 is 5.97 Å². The van der Waals surface area contributed by atoms with Gasteiger partial charge in [0.2, 0.25) is 0 Å². The Labute approximate surface area is 96.7 Å². The van der Waals surface area contributed by atoms with Crippen LogP contribution in [-0.2, 0) is 11.2 Å². The maximum Gasteiger partial charge on any atom is 0.310 e. The number of hydrogen-bond acceptors (Lipinski definition) is 1. The van der Waals surface area contributed by atoms with Crippen LogP contribution in [-0.4, -0.2) is 11.1 Å². The molecule has 0 radical (unpaired) electrons. The molecule has 0 fully saturated rings. The number of fused-ring (bicyclic) bond motifs is 1. The third kappa shape index (κ3) is 1.84. The molecule has 2 rings (SSSR count). The number of hydrogen-bond donors (Lipinski definition) is 1. The Bertz CT molecular complexity index is 449. The average molecular weight is 267 g/mol. The van der Waals surface area contributed by atoms with Gasteiger partial charge in [-0.05, 0) is 30.5 Å². The van der Waals surface area contributed by atoms with Gasteiger partial charge in [0.1, 0.15) is 0 Å². The zero-order chi connectivity index (χ0) is 11.0. The molecule has 78 valence electrons. The number of rotatable bonds is 2. The van der Waals surface area contributed by atoms with E-state index in [1.54, 1.807) is 6.92 Å².